The Balaban J connectivity index is 2.31. The molecule has 104 valence electrons. The van der Waals surface area contributed by atoms with Crippen molar-refractivity contribution in [1.29, 1.82) is 0 Å². The third-order valence-electron chi connectivity index (χ3n) is 3.31. The lowest BCUT2D eigenvalue weighted by Crippen LogP contribution is -2.26. The first-order valence-corrected chi connectivity index (χ1v) is 6.66. The maximum absolute atomic E-state index is 12.5. The normalized spacial score (nSPS) is 10.4. The summed E-state index contributed by atoms with van der Waals surface area (Å²) in [6.07, 6.45) is 0. The lowest BCUT2D eigenvalue weighted by Gasteiger charge is -2.19. The van der Waals surface area contributed by atoms with Gasteiger partial charge in [0, 0.05) is 24.8 Å². The first-order chi connectivity index (χ1) is 9.51. The fourth-order valence-corrected chi connectivity index (χ4v) is 2.29. The van der Waals surface area contributed by atoms with Crippen molar-refractivity contribution >= 4 is 11.6 Å². The third-order valence-corrected chi connectivity index (χ3v) is 3.31. The van der Waals surface area contributed by atoms with E-state index in [2.05, 4.69) is 6.07 Å². The number of anilines is 1. The van der Waals surface area contributed by atoms with Crippen molar-refractivity contribution < 1.29 is 4.79 Å². The number of benzene rings is 2. The second-order valence-electron chi connectivity index (χ2n) is 5.11. The summed E-state index contributed by atoms with van der Waals surface area (Å²) in [5.74, 6) is -0.0229. The lowest BCUT2D eigenvalue weighted by molar-refractivity contribution is 0.0993. The molecule has 0 heterocycles. The summed E-state index contributed by atoms with van der Waals surface area (Å²) in [6.45, 7) is 4.50. The van der Waals surface area contributed by atoms with Crippen LogP contribution in [0.3, 0.4) is 0 Å². The average Bonchev–Trinajstić information content (AvgIpc) is 2.44. The Morgan fingerprint density at radius 1 is 1.10 bits per heavy atom. The zero-order valence-electron chi connectivity index (χ0n) is 12.2. The van der Waals surface area contributed by atoms with Crippen molar-refractivity contribution in [3.63, 3.8) is 0 Å². The van der Waals surface area contributed by atoms with Crippen molar-refractivity contribution in [3.05, 3.63) is 64.7 Å². The summed E-state index contributed by atoms with van der Waals surface area (Å²) in [7, 11) is 1.80. The van der Waals surface area contributed by atoms with E-state index in [1.54, 1.807) is 11.9 Å². The molecule has 0 saturated carbocycles. The van der Waals surface area contributed by atoms with Crippen LogP contribution in [0.25, 0.3) is 0 Å². The highest BCUT2D eigenvalue weighted by Crippen LogP contribution is 2.19. The molecule has 0 fully saturated rings. The van der Waals surface area contributed by atoms with E-state index in [1.165, 1.54) is 0 Å². The molecule has 0 atom stereocenters. The Bertz CT molecular complexity index is 614. The van der Waals surface area contributed by atoms with Crippen LogP contribution in [-0.4, -0.2) is 13.0 Å². The predicted octanol–water partition coefficient (Wildman–Crippen LogP) is 3.04. The fourth-order valence-electron chi connectivity index (χ4n) is 2.29. The summed E-state index contributed by atoms with van der Waals surface area (Å²) < 4.78 is 0. The first kappa shape index (κ1) is 14.3. The first-order valence-electron chi connectivity index (χ1n) is 6.66. The third kappa shape index (κ3) is 3.06. The number of aryl methyl sites for hydroxylation is 2. The number of carbonyl (C=O) groups is 1. The van der Waals surface area contributed by atoms with Crippen molar-refractivity contribution in [3.8, 4) is 0 Å². The molecule has 0 aliphatic heterocycles. The van der Waals surface area contributed by atoms with Gasteiger partial charge in [0.1, 0.15) is 0 Å². The molecule has 2 N–H and O–H groups in total. The number of amides is 1. The van der Waals surface area contributed by atoms with Crippen LogP contribution in [0.2, 0.25) is 0 Å². The summed E-state index contributed by atoms with van der Waals surface area (Å²) in [5, 5.41) is 0. The molecule has 3 nitrogen and oxygen atoms in total. The van der Waals surface area contributed by atoms with Gasteiger partial charge in [-0.3, -0.25) is 4.79 Å². The Hall–Kier alpha value is -2.13. The zero-order chi connectivity index (χ0) is 14.7. The summed E-state index contributed by atoms with van der Waals surface area (Å²) in [4.78, 5) is 14.2. The van der Waals surface area contributed by atoms with Crippen LogP contribution in [0, 0.1) is 13.8 Å². The number of hydrogen-bond acceptors (Lipinski definition) is 2. The molecule has 2 rings (SSSR count). The number of carbonyl (C=O) groups excluding carboxylic acids is 1. The SMILES string of the molecule is Cc1cc(C)cc(N(C)C(=O)c2cccc(CN)c2)c1. The molecule has 2 aromatic rings. The Morgan fingerprint density at radius 2 is 1.75 bits per heavy atom. The van der Waals surface area contributed by atoms with Crippen molar-refractivity contribution in [2.45, 2.75) is 20.4 Å². The molecule has 0 bridgehead atoms. The van der Waals surface area contributed by atoms with Gasteiger partial charge >= 0.3 is 0 Å². The predicted molar refractivity (Wildman–Crippen MR) is 83.0 cm³/mol. The van der Waals surface area contributed by atoms with Crippen LogP contribution in [0.1, 0.15) is 27.0 Å². The molecule has 0 aliphatic rings. The average molecular weight is 268 g/mol. The van der Waals surface area contributed by atoms with Gasteiger partial charge in [0.25, 0.3) is 5.91 Å². The van der Waals surface area contributed by atoms with Crippen LogP contribution in [0.15, 0.2) is 42.5 Å². The van der Waals surface area contributed by atoms with E-state index in [9.17, 15) is 4.79 Å². The van der Waals surface area contributed by atoms with Gasteiger partial charge in [-0.1, -0.05) is 18.2 Å². The van der Waals surface area contributed by atoms with Crippen LogP contribution >= 0.6 is 0 Å². The highest BCUT2D eigenvalue weighted by atomic mass is 16.2. The molecule has 0 aromatic heterocycles. The monoisotopic (exact) mass is 268 g/mol. The van der Waals surface area contributed by atoms with E-state index < -0.39 is 0 Å². The van der Waals surface area contributed by atoms with E-state index in [0.29, 0.717) is 12.1 Å². The molecule has 0 spiro atoms. The summed E-state index contributed by atoms with van der Waals surface area (Å²) >= 11 is 0. The van der Waals surface area contributed by atoms with Gasteiger partial charge < -0.3 is 10.6 Å². The van der Waals surface area contributed by atoms with E-state index in [4.69, 9.17) is 5.73 Å². The number of rotatable bonds is 3. The van der Waals surface area contributed by atoms with Gasteiger partial charge in [0.15, 0.2) is 0 Å². The van der Waals surface area contributed by atoms with Gasteiger partial charge in [-0.05, 0) is 54.8 Å². The number of hydrogen-bond donors (Lipinski definition) is 1. The number of nitrogens with zero attached hydrogens (tertiary/aromatic N) is 1. The molecule has 1 amide bonds. The molecular formula is C17H20N2O. The molecule has 20 heavy (non-hydrogen) atoms. The van der Waals surface area contributed by atoms with Crippen LogP contribution in [-0.2, 0) is 6.54 Å². The minimum absolute atomic E-state index is 0.0229. The molecular weight excluding hydrogens is 248 g/mol. The van der Waals surface area contributed by atoms with E-state index >= 15 is 0 Å². The highest BCUT2D eigenvalue weighted by molar-refractivity contribution is 6.05. The molecule has 0 aliphatic carbocycles. The molecule has 3 heteroatoms. The highest BCUT2D eigenvalue weighted by Gasteiger charge is 2.14. The second-order valence-corrected chi connectivity index (χ2v) is 5.11. The van der Waals surface area contributed by atoms with Gasteiger partial charge in [-0.15, -0.1) is 0 Å². The summed E-state index contributed by atoms with van der Waals surface area (Å²) in [6, 6.07) is 13.6. The Kier molecular flexibility index (Phi) is 4.20. The maximum Gasteiger partial charge on any atom is 0.258 e. The Morgan fingerprint density at radius 3 is 2.35 bits per heavy atom. The van der Waals surface area contributed by atoms with Crippen LogP contribution < -0.4 is 10.6 Å². The zero-order valence-corrected chi connectivity index (χ0v) is 12.2. The van der Waals surface area contributed by atoms with Crippen LogP contribution in [0.4, 0.5) is 5.69 Å². The van der Waals surface area contributed by atoms with Gasteiger partial charge in [0.2, 0.25) is 0 Å². The minimum Gasteiger partial charge on any atom is -0.326 e. The molecule has 2 aromatic carbocycles. The van der Waals surface area contributed by atoms with E-state index in [1.807, 2.05) is 50.2 Å². The van der Waals surface area contributed by atoms with E-state index in [0.717, 1.165) is 22.4 Å². The van der Waals surface area contributed by atoms with Crippen molar-refractivity contribution in [2.24, 2.45) is 5.73 Å². The molecule has 0 radical (unpaired) electrons. The largest absolute Gasteiger partial charge is 0.326 e. The van der Waals surface area contributed by atoms with E-state index in [-0.39, 0.29) is 5.91 Å². The standard InChI is InChI=1S/C17H20N2O/c1-12-7-13(2)9-16(8-12)19(3)17(20)15-6-4-5-14(10-15)11-18/h4-10H,11,18H2,1-3H3. The smallest absolute Gasteiger partial charge is 0.258 e. The lowest BCUT2D eigenvalue weighted by atomic mass is 10.1. The Labute approximate surface area is 120 Å². The van der Waals surface area contributed by atoms with Gasteiger partial charge in [0.05, 0.1) is 0 Å². The topological polar surface area (TPSA) is 46.3 Å². The molecule has 0 unspecified atom stereocenters. The minimum atomic E-state index is -0.0229. The fraction of sp³-hybridized carbons (Fsp3) is 0.235. The summed E-state index contributed by atoms with van der Waals surface area (Å²) in [5.41, 5.74) is 10.5. The van der Waals surface area contributed by atoms with Crippen molar-refractivity contribution in [2.75, 3.05) is 11.9 Å². The van der Waals surface area contributed by atoms with Crippen molar-refractivity contribution in [1.82, 2.24) is 0 Å². The number of nitrogens with two attached hydrogens (primary N) is 1. The maximum atomic E-state index is 12.5. The van der Waals surface area contributed by atoms with Crippen LogP contribution in [0.5, 0.6) is 0 Å². The quantitative estimate of drug-likeness (QED) is 0.930. The van der Waals surface area contributed by atoms with Gasteiger partial charge in [-0.25, -0.2) is 0 Å². The molecule has 0 saturated heterocycles. The van der Waals surface area contributed by atoms with Gasteiger partial charge in [-0.2, -0.15) is 0 Å². The second kappa shape index (κ2) is 5.88.